The number of nitrogens with zero attached hydrogens (tertiary/aromatic N) is 2. The highest BCUT2D eigenvalue weighted by Crippen LogP contribution is 2.34. The van der Waals surface area contributed by atoms with Gasteiger partial charge < -0.3 is 0 Å². The van der Waals surface area contributed by atoms with E-state index in [9.17, 15) is 0 Å². The molecule has 1 aliphatic heterocycles. The van der Waals surface area contributed by atoms with Gasteiger partial charge in [0.1, 0.15) is 0 Å². The van der Waals surface area contributed by atoms with Crippen molar-refractivity contribution in [3.8, 4) is 0 Å². The fourth-order valence-corrected chi connectivity index (χ4v) is 2.64. The Kier molecular flexibility index (Phi) is 3.14. The molecule has 1 aromatic carbocycles. The Balaban J connectivity index is 2.02. The molecule has 0 spiro atoms. The molecule has 2 nitrogen and oxygen atoms in total. The first kappa shape index (κ1) is 13.3. The minimum Gasteiger partial charge on any atom is -0.263 e. The molecule has 3 heteroatoms. The number of halogens is 1. The second kappa shape index (κ2) is 4.71. The van der Waals surface area contributed by atoms with Crippen LogP contribution in [0.3, 0.4) is 0 Å². The second-order valence-corrected chi connectivity index (χ2v) is 6.59. The third kappa shape index (κ3) is 2.36. The quantitative estimate of drug-likeness (QED) is 0.744. The van der Waals surface area contributed by atoms with E-state index in [1.54, 1.807) is 12.4 Å². The molecule has 2 heterocycles. The summed E-state index contributed by atoms with van der Waals surface area (Å²) < 4.78 is 0. The van der Waals surface area contributed by atoms with E-state index in [2.05, 4.69) is 44.0 Å². The minimum atomic E-state index is 0.140. The van der Waals surface area contributed by atoms with Crippen LogP contribution in [0.2, 0.25) is 5.02 Å². The number of rotatable bonds is 1. The van der Waals surface area contributed by atoms with E-state index >= 15 is 0 Å². The smallest absolute Gasteiger partial charge is 0.0680 e. The highest BCUT2D eigenvalue weighted by Gasteiger charge is 2.21. The number of benzene rings is 1. The van der Waals surface area contributed by atoms with Gasteiger partial charge >= 0.3 is 0 Å². The van der Waals surface area contributed by atoms with Crippen molar-refractivity contribution in [2.45, 2.75) is 32.6 Å². The lowest BCUT2D eigenvalue weighted by Crippen LogP contribution is -2.10. The average molecular weight is 285 g/mol. The highest BCUT2D eigenvalue weighted by atomic mass is 35.5. The molecule has 2 aromatic rings. The first-order chi connectivity index (χ1) is 9.45. The summed E-state index contributed by atoms with van der Waals surface area (Å²) in [6.45, 7) is 6.65. The van der Waals surface area contributed by atoms with Gasteiger partial charge in [0, 0.05) is 24.4 Å². The van der Waals surface area contributed by atoms with Gasteiger partial charge in [-0.15, -0.1) is 0 Å². The number of pyridine rings is 1. The molecule has 20 heavy (non-hydrogen) atoms. The van der Waals surface area contributed by atoms with Crippen LogP contribution in [0, 0.1) is 0 Å². The van der Waals surface area contributed by atoms with Crippen LogP contribution in [0.4, 0.5) is 5.69 Å². The first-order valence-electron chi connectivity index (χ1n) is 6.76. The Morgan fingerprint density at radius 3 is 2.65 bits per heavy atom. The summed E-state index contributed by atoms with van der Waals surface area (Å²) in [5.41, 5.74) is 5.79. The predicted octanol–water partition coefficient (Wildman–Crippen LogP) is 4.71. The molecule has 0 bridgehead atoms. The van der Waals surface area contributed by atoms with E-state index in [1.807, 2.05) is 6.07 Å². The van der Waals surface area contributed by atoms with Crippen LogP contribution < -0.4 is 0 Å². The van der Waals surface area contributed by atoms with Crippen molar-refractivity contribution in [1.29, 1.82) is 0 Å². The third-order valence-corrected chi connectivity index (χ3v) is 3.95. The third-order valence-electron chi connectivity index (χ3n) is 3.65. The first-order valence-corrected chi connectivity index (χ1v) is 7.14. The van der Waals surface area contributed by atoms with Crippen molar-refractivity contribution in [2.24, 2.45) is 4.99 Å². The Morgan fingerprint density at radius 1 is 1.15 bits per heavy atom. The van der Waals surface area contributed by atoms with Crippen molar-refractivity contribution in [1.82, 2.24) is 4.98 Å². The Morgan fingerprint density at radius 2 is 1.95 bits per heavy atom. The maximum absolute atomic E-state index is 6.21. The number of fused-ring (bicyclic) bond motifs is 1. The summed E-state index contributed by atoms with van der Waals surface area (Å²) in [5, 5.41) is 0.662. The second-order valence-electron chi connectivity index (χ2n) is 6.18. The molecule has 102 valence electrons. The lowest BCUT2D eigenvalue weighted by Gasteiger charge is -2.19. The largest absolute Gasteiger partial charge is 0.263 e. The molecule has 0 saturated heterocycles. The van der Waals surface area contributed by atoms with E-state index < -0.39 is 0 Å². The number of aliphatic imine (C=N–C) groups is 1. The van der Waals surface area contributed by atoms with Gasteiger partial charge in [-0.1, -0.05) is 44.5 Å². The highest BCUT2D eigenvalue weighted by molar-refractivity contribution is 6.34. The van der Waals surface area contributed by atoms with E-state index in [0.29, 0.717) is 5.02 Å². The van der Waals surface area contributed by atoms with Gasteiger partial charge in [-0.05, 0) is 28.7 Å². The summed E-state index contributed by atoms with van der Waals surface area (Å²) in [4.78, 5) is 8.79. The fourth-order valence-electron chi connectivity index (χ4n) is 2.41. The molecular weight excluding hydrogens is 268 g/mol. The van der Waals surface area contributed by atoms with E-state index in [1.165, 1.54) is 11.1 Å². The van der Waals surface area contributed by atoms with Crippen molar-refractivity contribution >= 4 is 23.0 Å². The molecule has 0 radical (unpaired) electrons. The molecule has 0 amide bonds. The lowest BCUT2D eigenvalue weighted by atomic mass is 9.86. The van der Waals surface area contributed by atoms with Gasteiger partial charge in [-0.3, -0.25) is 9.98 Å². The van der Waals surface area contributed by atoms with E-state index in [-0.39, 0.29) is 5.41 Å². The number of hydrogen-bond donors (Lipinski definition) is 0. The molecule has 0 saturated carbocycles. The van der Waals surface area contributed by atoms with Crippen molar-refractivity contribution < 1.29 is 0 Å². The molecule has 0 unspecified atom stereocenters. The zero-order chi connectivity index (χ0) is 14.3. The van der Waals surface area contributed by atoms with Gasteiger partial charge in [-0.2, -0.15) is 0 Å². The number of aromatic nitrogens is 1. The van der Waals surface area contributed by atoms with Crippen LogP contribution in [0.5, 0.6) is 0 Å². The summed E-state index contributed by atoms with van der Waals surface area (Å²) in [5.74, 6) is 0. The van der Waals surface area contributed by atoms with E-state index in [0.717, 1.165) is 23.4 Å². The molecule has 0 aliphatic carbocycles. The van der Waals surface area contributed by atoms with Crippen molar-refractivity contribution in [2.75, 3.05) is 0 Å². The summed E-state index contributed by atoms with van der Waals surface area (Å²) >= 11 is 6.21. The fraction of sp³-hybridized carbons (Fsp3) is 0.294. The zero-order valence-electron chi connectivity index (χ0n) is 11.9. The van der Waals surface area contributed by atoms with Gasteiger partial charge in [-0.25, -0.2) is 0 Å². The normalized spacial score (nSPS) is 14.1. The average Bonchev–Trinajstić information content (AvgIpc) is 2.80. The molecule has 1 aromatic heterocycles. The zero-order valence-corrected chi connectivity index (χ0v) is 12.7. The predicted molar refractivity (Wildman–Crippen MR) is 84.3 cm³/mol. The summed E-state index contributed by atoms with van der Waals surface area (Å²) in [6.07, 6.45) is 4.26. The van der Waals surface area contributed by atoms with E-state index in [4.69, 9.17) is 16.6 Å². The molecule has 0 N–H and O–H groups in total. The monoisotopic (exact) mass is 284 g/mol. The van der Waals surface area contributed by atoms with Gasteiger partial charge in [0.15, 0.2) is 0 Å². The minimum absolute atomic E-state index is 0.140. The lowest BCUT2D eigenvalue weighted by molar-refractivity contribution is 0.590. The Labute approximate surface area is 124 Å². The van der Waals surface area contributed by atoms with Crippen molar-refractivity contribution in [3.05, 3.63) is 58.4 Å². The Bertz CT molecular complexity index is 696. The van der Waals surface area contributed by atoms with Gasteiger partial charge in [0.2, 0.25) is 0 Å². The van der Waals surface area contributed by atoms with Crippen LogP contribution in [-0.2, 0) is 11.8 Å². The maximum Gasteiger partial charge on any atom is 0.0680 e. The van der Waals surface area contributed by atoms with Crippen LogP contribution in [0.15, 0.2) is 41.7 Å². The van der Waals surface area contributed by atoms with Crippen LogP contribution >= 0.6 is 11.6 Å². The Hall–Kier alpha value is -1.67. The summed E-state index contributed by atoms with van der Waals surface area (Å²) in [6, 6.07) is 8.50. The standard InChI is InChI=1S/C17H17ClN2/c1-17(2,3)12-5-4-11-8-16(20-15(11)9-12)13-6-7-19-10-14(13)18/h4-7,9-10H,8H2,1-3H3. The molecule has 3 rings (SSSR count). The van der Waals surface area contributed by atoms with Crippen LogP contribution in [0.1, 0.15) is 37.5 Å². The summed E-state index contributed by atoms with van der Waals surface area (Å²) in [7, 11) is 0. The number of hydrogen-bond acceptors (Lipinski definition) is 2. The topological polar surface area (TPSA) is 25.2 Å². The van der Waals surface area contributed by atoms with Crippen molar-refractivity contribution in [3.63, 3.8) is 0 Å². The van der Waals surface area contributed by atoms with Gasteiger partial charge in [0.05, 0.1) is 16.4 Å². The van der Waals surface area contributed by atoms with Crippen LogP contribution in [-0.4, -0.2) is 10.7 Å². The molecule has 0 atom stereocenters. The van der Waals surface area contributed by atoms with Crippen LogP contribution in [0.25, 0.3) is 0 Å². The molecule has 1 aliphatic rings. The van der Waals surface area contributed by atoms with Gasteiger partial charge in [0.25, 0.3) is 0 Å². The SMILES string of the molecule is CC(C)(C)c1ccc2c(c1)N=C(c1ccncc1Cl)C2. The molecule has 0 fully saturated rings. The molecular formula is C17H17ClN2. The maximum atomic E-state index is 6.21.